The van der Waals surface area contributed by atoms with E-state index in [1.807, 2.05) is 0 Å². The van der Waals surface area contributed by atoms with Gasteiger partial charge in [0.25, 0.3) is 11.6 Å². The number of nitrogens with zero attached hydrogens (tertiary/aromatic N) is 1. The largest absolute Gasteiger partial charge is 0.350 e. The first-order valence-corrected chi connectivity index (χ1v) is 7.54. The van der Waals surface area contributed by atoms with Crippen molar-refractivity contribution < 1.29 is 14.5 Å². The van der Waals surface area contributed by atoms with Crippen LogP contribution in [-0.4, -0.2) is 41.9 Å². The third kappa shape index (κ3) is 4.75. The average molecular weight is 320 g/mol. The van der Waals surface area contributed by atoms with E-state index >= 15 is 0 Å². The highest BCUT2D eigenvalue weighted by molar-refractivity contribution is 5.97. The lowest BCUT2D eigenvalue weighted by atomic mass is 10.1. The predicted octanol–water partition coefficient (Wildman–Crippen LogP) is 0.581. The smallest absolute Gasteiger partial charge is 0.270 e. The van der Waals surface area contributed by atoms with Gasteiger partial charge in [0.2, 0.25) is 5.91 Å². The summed E-state index contributed by atoms with van der Waals surface area (Å²) in [7, 11) is 0. The fraction of sp³-hybridized carbons (Fsp3) is 0.467. The van der Waals surface area contributed by atoms with Crippen LogP contribution >= 0.6 is 0 Å². The van der Waals surface area contributed by atoms with Crippen LogP contribution in [-0.2, 0) is 4.79 Å². The number of nitro groups is 1. The number of nitro benzene ring substituents is 1. The Hall–Kier alpha value is -2.48. The molecule has 1 heterocycles. The van der Waals surface area contributed by atoms with Gasteiger partial charge in [-0.25, -0.2) is 0 Å². The van der Waals surface area contributed by atoms with Crippen LogP contribution in [0.25, 0.3) is 0 Å². The molecular weight excluding hydrogens is 300 g/mol. The van der Waals surface area contributed by atoms with Crippen LogP contribution in [0.4, 0.5) is 5.69 Å². The van der Waals surface area contributed by atoms with Gasteiger partial charge in [-0.15, -0.1) is 0 Å². The minimum Gasteiger partial charge on any atom is -0.350 e. The van der Waals surface area contributed by atoms with E-state index in [9.17, 15) is 19.7 Å². The van der Waals surface area contributed by atoms with E-state index < -0.39 is 16.9 Å². The number of non-ortho nitro benzene ring substituents is 1. The quantitative estimate of drug-likeness (QED) is 0.542. The van der Waals surface area contributed by atoms with Crippen molar-refractivity contribution in [1.29, 1.82) is 0 Å². The molecule has 0 radical (unpaired) electrons. The Kier molecular flexibility index (Phi) is 5.64. The summed E-state index contributed by atoms with van der Waals surface area (Å²) in [5, 5.41) is 19.4. The number of hydrogen-bond acceptors (Lipinski definition) is 5. The number of rotatable bonds is 5. The zero-order chi connectivity index (χ0) is 16.8. The van der Waals surface area contributed by atoms with Crippen LogP contribution < -0.4 is 16.0 Å². The van der Waals surface area contributed by atoms with E-state index in [0.717, 1.165) is 25.9 Å². The SMILES string of the molecule is CC(NC(=O)c1cccc([N+](=O)[O-])c1)C(=O)N[C@H]1CCCNC1. The first-order valence-electron chi connectivity index (χ1n) is 7.54. The average Bonchev–Trinajstić information content (AvgIpc) is 2.55. The lowest BCUT2D eigenvalue weighted by Crippen LogP contribution is -2.52. The summed E-state index contributed by atoms with van der Waals surface area (Å²) in [6.07, 6.45) is 1.91. The topological polar surface area (TPSA) is 113 Å². The molecule has 1 aliphatic heterocycles. The van der Waals surface area contributed by atoms with Gasteiger partial charge in [0.15, 0.2) is 0 Å². The fourth-order valence-electron chi connectivity index (χ4n) is 2.41. The Morgan fingerprint density at radius 3 is 2.87 bits per heavy atom. The van der Waals surface area contributed by atoms with Crippen LogP contribution in [0.1, 0.15) is 30.1 Å². The van der Waals surface area contributed by atoms with Gasteiger partial charge in [0.1, 0.15) is 6.04 Å². The highest BCUT2D eigenvalue weighted by Crippen LogP contribution is 2.13. The molecule has 8 heteroatoms. The molecule has 1 aliphatic rings. The van der Waals surface area contributed by atoms with Crippen LogP contribution in [0, 0.1) is 10.1 Å². The van der Waals surface area contributed by atoms with Crippen molar-refractivity contribution >= 4 is 17.5 Å². The maximum atomic E-state index is 12.1. The van der Waals surface area contributed by atoms with Crippen LogP contribution in [0.15, 0.2) is 24.3 Å². The third-order valence-corrected chi connectivity index (χ3v) is 3.70. The van der Waals surface area contributed by atoms with E-state index in [1.165, 1.54) is 24.3 Å². The molecular formula is C15H20N4O4. The van der Waals surface area contributed by atoms with Gasteiger partial charge in [0.05, 0.1) is 4.92 Å². The number of nitrogens with one attached hydrogen (secondary N) is 3. The normalized spacial score (nSPS) is 18.7. The molecule has 0 aliphatic carbocycles. The summed E-state index contributed by atoms with van der Waals surface area (Å²) in [5.41, 5.74) is -0.0128. The number of carbonyl (C=O) groups excluding carboxylic acids is 2. The molecule has 1 unspecified atom stereocenters. The Balaban J connectivity index is 1.92. The maximum absolute atomic E-state index is 12.1. The summed E-state index contributed by atoms with van der Waals surface area (Å²) < 4.78 is 0. The molecule has 3 N–H and O–H groups in total. The summed E-state index contributed by atoms with van der Waals surface area (Å²) in [6.45, 7) is 3.25. The van der Waals surface area contributed by atoms with E-state index in [2.05, 4.69) is 16.0 Å². The first kappa shape index (κ1) is 16.9. The standard InChI is InChI=1S/C15H20N4O4/c1-10(14(20)18-12-5-3-7-16-9-12)17-15(21)11-4-2-6-13(8-11)19(22)23/h2,4,6,8,10,12,16H,3,5,7,9H2,1H3,(H,17,21)(H,18,20)/t10?,12-/m0/s1. The van der Waals surface area contributed by atoms with E-state index in [-0.39, 0.29) is 23.2 Å². The number of benzene rings is 1. The summed E-state index contributed by atoms with van der Waals surface area (Å²) in [6, 6.07) is 4.74. The number of amides is 2. The van der Waals surface area contributed by atoms with E-state index in [1.54, 1.807) is 6.92 Å². The van der Waals surface area contributed by atoms with Crippen molar-refractivity contribution in [3.8, 4) is 0 Å². The Bertz CT molecular complexity index is 599. The lowest BCUT2D eigenvalue weighted by molar-refractivity contribution is -0.384. The van der Waals surface area contributed by atoms with Crippen LogP contribution in [0.3, 0.4) is 0 Å². The zero-order valence-corrected chi connectivity index (χ0v) is 12.9. The molecule has 0 spiro atoms. The molecule has 2 atom stereocenters. The molecule has 0 bridgehead atoms. The molecule has 0 saturated carbocycles. The minimum absolute atomic E-state index is 0.0633. The lowest BCUT2D eigenvalue weighted by Gasteiger charge is -2.25. The Morgan fingerprint density at radius 2 is 2.22 bits per heavy atom. The van der Waals surface area contributed by atoms with Crippen molar-refractivity contribution in [2.24, 2.45) is 0 Å². The highest BCUT2D eigenvalue weighted by Gasteiger charge is 2.21. The monoisotopic (exact) mass is 320 g/mol. The van der Waals surface area contributed by atoms with Crippen LogP contribution in [0.2, 0.25) is 0 Å². The highest BCUT2D eigenvalue weighted by atomic mass is 16.6. The molecule has 1 fully saturated rings. The molecule has 8 nitrogen and oxygen atoms in total. The molecule has 1 aromatic rings. The van der Waals surface area contributed by atoms with Gasteiger partial charge < -0.3 is 16.0 Å². The molecule has 1 aromatic carbocycles. The van der Waals surface area contributed by atoms with Gasteiger partial charge in [-0.3, -0.25) is 19.7 Å². The van der Waals surface area contributed by atoms with Crippen molar-refractivity contribution in [3.63, 3.8) is 0 Å². The van der Waals surface area contributed by atoms with Crippen molar-refractivity contribution in [2.75, 3.05) is 13.1 Å². The van der Waals surface area contributed by atoms with Crippen molar-refractivity contribution in [1.82, 2.24) is 16.0 Å². The number of carbonyl (C=O) groups is 2. The molecule has 0 aromatic heterocycles. The fourth-order valence-corrected chi connectivity index (χ4v) is 2.41. The Labute approximate surface area is 133 Å². The van der Waals surface area contributed by atoms with Crippen molar-refractivity contribution in [3.05, 3.63) is 39.9 Å². The predicted molar refractivity (Wildman–Crippen MR) is 84.1 cm³/mol. The van der Waals surface area contributed by atoms with Gasteiger partial charge in [-0.2, -0.15) is 0 Å². The summed E-state index contributed by atoms with van der Waals surface area (Å²) >= 11 is 0. The summed E-state index contributed by atoms with van der Waals surface area (Å²) in [4.78, 5) is 34.4. The van der Waals surface area contributed by atoms with Gasteiger partial charge >= 0.3 is 0 Å². The van der Waals surface area contributed by atoms with Crippen molar-refractivity contribution in [2.45, 2.75) is 31.8 Å². The van der Waals surface area contributed by atoms with E-state index in [0.29, 0.717) is 0 Å². The molecule has 2 rings (SSSR count). The van der Waals surface area contributed by atoms with Gasteiger partial charge in [0, 0.05) is 30.3 Å². The maximum Gasteiger partial charge on any atom is 0.270 e. The molecule has 1 saturated heterocycles. The third-order valence-electron chi connectivity index (χ3n) is 3.70. The van der Waals surface area contributed by atoms with E-state index in [4.69, 9.17) is 0 Å². The van der Waals surface area contributed by atoms with Gasteiger partial charge in [-0.1, -0.05) is 6.07 Å². The zero-order valence-electron chi connectivity index (χ0n) is 12.9. The Morgan fingerprint density at radius 1 is 1.43 bits per heavy atom. The molecule has 124 valence electrons. The second kappa shape index (κ2) is 7.68. The number of hydrogen-bond donors (Lipinski definition) is 3. The second-order valence-corrected chi connectivity index (χ2v) is 5.55. The number of piperidine rings is 1. The molecule has 2 amide bonds. The first-order chi connectivity index (χ1) is 11.0. The minimum atomic E-state index is -0.719. The summed E-state index contributed by atoms with van der Waals surface area (Å²) in [5.74, 6) is -0.782. The van der Waals surface area contributed by atoms with Crippen LogP contribution in [0.5, 0.6) is 0 Å². The molecule has 23 heavy (non-hydrogen) atoms. The second-order valence-electron chi connectivity index (χ2n) is 5.55. The van der Waals surface area contributed by atoms with Gasteiger partial charge in [-0.05, 0) is 32.4 Å².